The summed E-state index contributed by atoms with van der Waals surface area (Å²) in [6.45, 7) is 4.15. The minimum atomic E-state index is 0.366. The highest BCUT2D eigenvalue weighted by Gasteiger charge is 2.32. The zero-order valence-corrected chi connectivity index (χ0v) is 12.8. The molecule has 1 aliphatic heterocycles. The maximum Gasteiger partial charge on any atom is 0.161 e. The molecule has 0 unspecified atom stereocenters. The molecule has 5 heteroatoms. The van der Waals surface area contributed by atoms with Crippen molar-refractivity contribution in [1.82, 2.24) is 15.5 Å². The fraction of sp³-hybridized carbons (Fsp3) is 0.471. The Hall–Kier alpha value is -2.01. The van der Waals surface area contributed by atoms with Crippen LogP contribution >= 0.6 is 0 Å². The van der Waals surface area contributed by atoms with E-state index in [9.17, 15) is 0 Å². The van der Waals surface area contributed by atoms with Crippen molar-refractivity contribution < 1.29 is 9.47 Å². The Morgan fingerprint density at radius 2 is 2.09 bits per heavy atom. The summed E-state index contributed by atoms with van der Waals surface area (Å²) in [5, 5.41) is 10.8. The standard InChI is InChI=1S/C17H21N3O2/c1-11-14(10-19-20-11)9-18-17(12-2-3-12)13-4-5-15-16(8-13)22-7-6-21-15/h4-5,8,10,12,17-18H,2-3,6-7,9H2,1H3,(H,19,20)/t17-/m0/s1. The van der Waals surface area contributed by atoms with Crippen molar-refractivity contribution in [3.8, 4) is 11.5 Å². The van der Waals surface area contributed by atoms with Gasteiger partial charge in [0.15, 0.2) is 11.5 Å². The highest BCUT2D eigenvalue weighted by Crippen LogP contribution is 2.43. The van der Waals surface area contributed by atoms with Gasteiger partial charge in [0.1, 0.15) is 13.2 Å². The molecule has 4 rings (SSSR count). The maximum atomic E-state index is 5.72. The summed E-state index contributed by atoms with van der Waals surface area (Å²) in [5.41, 5.74) is 3.64. The number of rotatable bonds is 5. The second kappa shape index (κ2) is 5.65. The lowest BCUT2D eigenvalue weighted by molar-refractivity contribution is 0.171. The van der Waals surface area contributed by atoms with E-state index in [0.717, 1.165) is 29.7 Å². The number of nitrogens with one attached hydrogen (secondary N) is 2. The van der Waals surface area contributed by atoms with Crippen molar-refractivity contribution in [2.24, 2.45) is 5.92 Å². The van der Waals surface area contributed by atoms with Crippen molar-refractivity contribution in [2.45, 2.75) is 32.4 Å². The summed E-state index contributed by atoms with van der Waals surface area (Å²) in [4.78, 5) is 0. The zero-order chi connectivity index (χ0) is 14.9. The number of H-pyrrole nitrogens is 1. The number of nitrogens with zero attached hydrogens (tertiary/aromatic N) is 1. The summed E-state index contributed by atoms with van der Waals surface area (Å²) in [6.07, 6.45) is 4.48. The minimum Gasteiger partial charge on any atom is -0.486 e. The largest absolute Gasteiger partial charge is 0.486 e. The molecule has 2 N–H and O–H groups in total. The van der Waals surface area contributed by atoms with E-state index in [-0.39, 0.29) is 0 Å². The minimum absolute atomic E-state index is 0.366. The smallest absolute Gasteiger partial charge is 0.161 e. The van der Waals surface area contributed by atoms with Crippen LogP contribution in [0.1, 0.15) is 35.7 Å². The average molecular weight is 299 g/mol. The van der Waals surface area contributed by atoms with Gasteiger partial charge in [-0.2, -0.15) is 5.10 Å². The van der Waals surface area contributed by atoms with Gasteiger partial charge in [-0.25, -0.2) is 0 Å². The van der Waals surface area contributed by atoms with Crippen LogP contribution in [0.3, 0.4) is 0 Å². The van der Waals surface area contributed by atoms with E-state index in [0.29, 0.717) is 19.3 Å². The third-order valence-corrected chi connectivity index (χ3v) is 4.47. The molecule has 1 aliphatic carbocycles. The predicted octanol–water partition coefficient (Wildman–Crippen LogP) is 2.73. The molecule has 0 radical (unpaired) electrons. The van der Waals surface area contributed by atoms with Crippen molar-refractivity contribution in [3.05, 3.63) is 41.2 Å². The molecule has 1 aromatic heterocycles. The van der Waals surface area contributed by atoms with Crippen LogP contribution in [0.2, 0.25) is 0 Å². The Morgan fingerprint density at radius 3 is 2.82 bits per heavy atom. The van der Waals surface area contributed by atoms with E-state index >= 15 is 0 Å². The van der Waals surface area contributed by atoms with Gasteiger partial charge in [-0.3, -0.25) is 5.10 Å². The molecule has 2 heterocycles. The lowest BCUT2D eigenvalue weighted by Crippen LogP contribution is -2.23. The Bertz CT molecular complexity index is 664. The van der Waals surface area contributed by atoms with Crippen molar-refractivity contribution in [2.75, 3.05) is 13.2 Å². The Labute approximate surface area is 130 Å². The maximum absolute atomic E-state index is 5.72. The van der Waals surface area contributed by atoms with Gasteiger partial charge in [0.2, 0.25) is 0 Å². The fourth-order valence-corrected chi connectivity index (χ4v) is 3.01. The average Bonchev–Trinajstić information content (AvgIpc) is 3.30. The van der Waals surface area contributed by atoms with E-state index in [1.165, 1.54) is 24.0 Å². The topological polar surface area (TPSA) is 59.2 Å². The first-order valence-corrected chi connectivity index (χ1v) is 7.93. The molecule has 0 spiro atoms. The van der Waals surface area contributed by atoms with E-state index in [2.05, 4.69) is 34.6 Å². The molecule has 5 nitrogen and oxygen atoms in total. The molecule has 0 bridgehead atoms. The van der Waals surface area contributed by atoms with E-state index in [4.69, 9.17) is 9.47 Å². The third kappa shape index (κ3) is 2.68. The molecule has 1 aromatic carbocycles. The number of aryl methyl sites for hydroxylation is 1. The van der Waals surface area contributed by atoms with E-state index in [1.807, 2.05) is 12.3 Å². The van der Waals surface area contributed by atoms with Gasteiger partial charge < -0.3 is 14.8 Å². The van der Waals surface area contributed by atoms with Crippen molar-refractivity contribution in [3.63, 3.8) is 0 Å². The van der Waals surface area contributed by atoms with Gasteiger partial charge in [0.05, 0.1) is 6.20 Å². The number of aromatic amines is 1. The van der Waals surface area contributed by atoms with Crippen LogP contribution in [0.25, 0.3) is 0 Å². The molecule has 2 aliphatic rings. The second-order valence-corrected chi connectivity index (χ2v) is 6.12. The fourth-order valence-electron chi connectivity index (χ4n) is 3.01. The van der Waals surface area contributed by atoms with Gasteiger partial charge in [-0.05, 0) is 43.4 Å². The molecule has 0 amide bonds. The van der Waals surface area contributed by atoms with Crippen LogP contribution in [-0.2, 0) is 6.54 Å². The molecule has 1 saturated carbocycles. The van der Waals surface area contributed by atoms with Gasteiger partial charge in [0.25, 0.3) is 0 Å². The summed E-state index contributed by atoms with van der Waals surface area (Å²) >= 11 is 0. The highest BCUT2D eigenvalue weighted by molar-refractivity contribution is 5.45. The molecule has 0 saturated heterocycles. The zero-order valence-electron chi connectivity index (χ0n) is 12.8. The van der Waals surface area contributed by atoms with Crippen molar-refractivity contribution >= 4 is 0 Å². The Balaban J connectivity index is 1.53. The Kier molecular flexibility index (Phi) is 3.50. The molecule has 1 fully saturated rings. The van der Waals surface area contributed by atoms with Crippen molar-refractivity contribution in [1.29, 1.82) is 0 Å². The first-order chi connectivity index (χ1) is 10.8. The molecule has 22 heavy (non-hydrogen) atoms. The van der Waals surface area contributed by atoms with Crippen LogP contribution in [0.5, 0.6) is 11.5 Å². The van der Waals surface area contributed by atoms with Gasteiger partial charge in [-0.15, -0.1) is 0 Å². The molecule has 2 aromatic rings. The van der Waals surface area contributed by atoms with Gasteiger partial charge in [-0.1, -0.05) is 6.07 Å². The Morgan fingerprint density at radius 1 is 1.27 bits per heavy atom. The van der Waals surface area contributed by atoms with Crippen LogP contribution in [0, 0.1) is 12.8 Å². The van der Waals surface area contributed by atoms with E-state index in [1.54, 1.807) is 0 Å². The highest BCUT2D eigenvalue weighted by atomic mass is 16.6. The van der Waals surface area contributed by atoms with Gasteiger partial charge in [0, 0.05) is 23.8 Å². The van der Waals surface area contributed by atoms with Crippen LogP contribution in [-0.4, -0.2) is 23.4 Å². The van der Waals surface area contributed by atoms with Crippen LogP contribution < -0.4 is 14.8 Å². The summed E-state index contributed by atoms with van der Waals surface area (Å²) in [7, 11) is 0. The lowest BCUT2D eigenvalue weighted by atomic mass is 10.0. The molecule has 1 atom stereocenters. The third-order valence-electron chi connectivity index (χ3n) is 4.47. The lowest BCUT2D eigenvalue weighted by Gasteiger charge is -2.23. The quantitative estimate of drug-likeness (QED) is 0.891. The number of fused-ring (bicyclic) bond motifs is 1. The molecular formula is C17H21N3O2. The van der Waals surface area contributed by atoms with Crippen LogP contribution in [0.4, 0.5) is 0 Å². The number of benzene rings is 1. The first-order valence-electron chi connectivity index (χ1n) is 7.93. The number of aromatic nitrogens is 2. The SMILES string of the molecule is Cc1[nH]ncc1CN[C@H](c1ccc2c(c1)OCCO2)C1CC1. The molecule has 116 valence electrons. The number of ether oxygens (including phenoxy) is 2. The van der Waals surface area contributed by atoms with Gasteiger partial charge >= 0.3 is 0 Å². The second-order valence-electron chi connectivity index (χ2n) is 6.12. The predicted molar refractivity (Wildman–Crippen MR) is 83.1 cm³/mol. The number of hydrogen-bond donors (Lipinski definition) is 2. The molecular weight excluding hydrogens is 278 g/mol. The summed E-state index contributed by atoms with van der Waals surface area (Å²) in [5.74, 6) is 2.45. The van der Waals surface area contributed by atoms with E-state index < -0.39 is 0 Å². The monoisotopic (exact) mass is 299 g/mol. The summed E-state index contributed by atoms with van der Waals surface area (Å²) in [6, 6.07) is 6.69. The normalized spacial score (nSPS) is 18.2. The number of hydrogen-bond acceptors (Lipinski definition) is 4. The first kappa shape index (κ1) is 13.6. The van der Waals surface area contributed by atoms with Crippen LogP contribution in [0.15, 0.2) is 24.4 Å². The summed E-state index contributed by atoms with van der Waals surface area (Å²) < 4.78 is 11.3.